The van der Waals surface area contributed by atoms with Crippen molar-refractivity contribution in [3.8, 4) is 28.1 Å². The third-order valence-electron chi connectivity index (χ3n) is 7.49. The molecular formula is C31H30N4O3. The topological polar surface area (TPSA) is 67.7 Å². The third-order valence-corrected chi connectivity index (χ3v) is 7.49. The number of piperazine rings is 1. The van der Waals surface area contributed by atoms with Gasteiger partial charge in [0.25, 0.3) is 5.56 Å². The van der Waals surface area contributed by atoms with Gasteiger partial charge in [0.1, 0.15) is 12.4 Å². The van der Waals surface area contributed by atoms with E-state index in [0.29, 0.717) is 19.6 Å². The van der Waals surface area contributed by atoms with Crippen LogP contribution in [0.5, 0.6) is 5.75 Å². The van der Waals surface area contributed by atoms with Crippen molar-refractivity contribution in [2.75, 3.05) is 39.8 Å². The molecule has 4 aromatic rings. The van der Waals surface area contributed by atoms with Crippen LogP contribution in [0.2, 0.25) is 0 Å². The summed E-state index contributed by atoms with van der Waals surface area (Å²) in [5, 5.41) is 1.05. The molecule has 1 amide bonds. The van der Waals surface area contributed by atoms with Gasteiger partial charge in [0.15, 0.2) is 0 Å². The van der Waals surface area contributed by atoms with Gasteiger partial charge in [-0.3, -0.25) is 14.5 Å². The maximum atomic E-state index is 12.5. The van der Waals surface area contributed by atoms with E-state index in [1.54, 1.807) is 9.47 Å². The van der Waals surface area contributed by atoms with Gasteiger partial charge >= 0.3 is 0 Å². The minimum Gasteiger partial charge on any atom is -0.492 e. The first-order valence-corrected chi connectivity index (χ1v) is 13.0. The number of hydrogen-bond donors (Lipinski definition) is 0. The first-order valence-electron chi connectivity index (χ1n) is 13.0. The van der Waals surface area contributed by atoms with Crippen molar-refractivity contribution in [2.45, 2.75) is 6.42 Å². The first-order chi connectivity index (χ1) is 18.5. The number of pyridine rings is 2. The number of amides is 1. The predicted molar refractivity (Wildman–Crippen MR) is 150 cm³/mol. The Balaban J connectivity index is 1.16. The second-order valence-corrected chi connectivity index (χ2v) is 10.0. The second-order valence-electron chi connectivity index (χ2n) is 10.0. The summed E-state index contributed by atoms with van der Waals surface area (Å²) in [6.45, 7) is 3.37. The second kappa shape index (κ2) is 9.91. The summed E-state index contributed by atoms with van der Waals surface area (Å²) in [4.78, 5) is 33.1. The lowest BCUT2D eigenvalue weighted by Crippen LogP contribution is -2.49. The maximum Gasteiger partial charge on any atom is 0.254 e. The molecular weight excluding hydrogens is 476 g/mol. The molecule has 1 aliphatic heterocycles. The van der Waals surface area contributed by atoms with E-state index in [-0.39, 0.29) is 11.5 Å². The first kappa shape index (κ1) is 24.1. The number of nitrogens with zero attached hydrogens (tertiary/aromatic N) is 4. The summed E-state index contributed by atoms with van der Waals surface area (Å²) >= 11 is 0. The number of carbonyl (C=O) groups is 1. The van der Waals surface area contributed by atoms with Gasteiger partial charge < -0.3 is 14.2 Å². The van der Waals surface area contributed by atoms with Gasteiger partial charge in [-0.2, -0.15) is 0 Å². The molecule has 0 saturated carbocycles. The Morgan fingerprint density at radius 3 is 2.58 bits per heavy atom. The van der Waals surface area contributed by atoms with Gasteiger partial charge in [-0.15, -0.1) is 0 Å². The molecule has 0 atom stereocenters. The highest BCUT2D eigenvalue weighted by molar-refractivity contribution is 5.89. The lowest BCUT2D eigenvalue weighted by molar-refractivity contribution is -0.134. The molecule has 7 nitrogen and oxygen atoms in total. The fraction of sp³-hybridized carbons (Fsp3) is 0.258. The Bertz CT molecular complexity index is 1620. The van der Waals surface area contributed by atoms with E-state index in [1.165, 1.54) is 0 Å². The number of ether oxygens (including phenoxy) is 1. The van der Waals surface area contributed by atoms with E-state index in [0.717, 1.165) is 69.8 Å². The quantitative estimate of drug-likeness (QED) is 0.396. The van der Waals surface area contributed by atoms with E-state index in [4.69, 9.17) is 9.72 Å². The van der Waals surface area contributed by atoms with Crippen LogP contribution in [-0.2, 0) is 18.3 Å². The van der Waals surface area contributed by atoms with E-state index < -0.39 is 0 Å². The van der Waals surface area contributed by atoms with Crippen molar-refractivity contribution in [1.29, 1.82) is 0 Å². The Hall–Kier alpha value is -4.23. The molecule has 0 unspecified atom stereocenters. The largest absolute Gasteiger partial charge is 0.492 e. The van der Waals surface area contributed by atoms with Crippen LogP contribution < -0.4 is 10.3 Å². The van der Waals surface area contributed by atoms with Gasteiger partial charge in [0.2, 0.25) is 5.91 Å². The van der Waals surface area contributed by atoms with Crippen molar-refractivity contribution in [3.63, 3.8) is 0 Å². The average Bonchev–Trinajstić information content (AvgIpc) is 3.43. The van der Waals surface area contributed by atoms with Crippen molar-refractivity contribution in [2.24, 2.45) is 7.05 Å². The lowest BCUT2D eigenvalue weighted by Gasteiger charge is -2.31. The van der Waals surface area contributed by atoms with E-state index >= 15 is 0 Å². The summed E-state index contributed by atoms with van der Waals surface area (Å²) in [6, 6.07) is 18.4. The zero-order chi connectivity index (χ0) is 26.2. The molecule has 2 aliphatic rings. The molecule has 0 radical (unpaired) electrons. The fourth-order valence-electron chi connectivity index (χ4n) is 5.19. The molecule has 3 heterocycles. The minimum absolute atomic E-state index is 0.0730. The Morgan fingerprint density at radius 1 is 0.947 bits per heavy atom. The van der Waals surface area contributed by atoms with Crippen molar-refractivity contribution >= 4 is 22.9 Å². The number of allylic oxidation sites excluding steroid dienone is 1. The SMILES string of the molecule is CN1CCN(CCOc2ccc(-c3ccc4cc(-c5cn(C)c(=O)c6c5C=CC6)ccc4n3)cc2)CC1=O. The number of likely N-dealkylation sites (N-methyl/N-ethyl adjacent to an activating group) is 1. The molecule has 2 aromatic heterocycles. The van der Waals surface area contributed by atoms with Gasteiger partial charge in [0, 0.05) is 62.0 Å². The van der Waals surface area contributed by atoms with E-state index in [2.05, 4.69) is 35.3 Å². The molecule has 192 valence electrons. The predicted octanol–water partition coefficient (Wildman–Crippen LogP) is 3.99. The molecule has 0 N–H and O–H groups in total. The van der Waals surface area contributed by atoms with Gasteiger partial charge in [0.05, 0.1) is 17.8 Å². The number of aryl methyl sites for hydroxylation is 1. The lowest BCUT2D eigenvalue weighted by atomic mass is 9.98. The van der Waals surface area contributed by atoms with Crippen molar-refractivity contribution < 1.29 is 9.53 Å². The standard InChI is InChI=1S/C31H30N4O3/c1-33-14-15-35(20-30(33)36)16-17-38-24-10-6-21(7-11-24)28-13-9-23-18-22(8-12-29(23)32-28)27-19-34(2)31(37)26-5-3-4-25(26)27/h3-4,6-13,18-19H,5,14-17,20H2,1-2H3. The fourth-order valence-corrected chi connectivity index (χ4v) is 5.19. The Morgan fingerprint density at radius 2 is 1.76 bits per heavy atom. The van der Waals surface area contributed by atoms with Crippen LogP contribution >= 0.6 is 0 Å². The number of carbonyl (C=O) groups excluding carboxylic acids is 1. The van der Waals surface area contributed by atoms with Crippen LogP contribution in [0.25, 0.3) is 39.4 Å². The van der Waals surface area contributed by atoms with E-state index in [9.17, 15) is 9.59 Å². The summed E-state index contributed by atoms with van der Waals surface area (Å²) in [5.74, 6) is 0.964. The molecule has 2 aromatic carbocycles. The Kier molecular flexibility index (Phi) is 6.29. The van der Waals surface area contributed by atoms with Crippen LogP contribution in [-0.4, -0.2) is 65.1 Å². The molecule has 0 bridgehead atoms. The van der Waals surface area contributed by atoms with Gasteiger partial charge in [-0.25, -0.2) is 4.98 Å². The highest BCUT2D eigenvalue weighted by Gasteiger charge is 2.20. The number of rotatable bonds is 6. The summed E-state index contributed by atoms with van der Waals surface area (Å²) in [6.07, 6.45) is 6.72. The van der Waals surface area contributed by atoms with Crippen LogP contribution in [0.1, 0.15) is 11.1 Å². The Labute approximate surface area is 221 Å². The molecule has 1 aliphatic carbocycles. The molecule has 7 heteroatoms. The monoisotopic (exact) mass is 506 g/mol. The van der Waals surface area contributed by atoms with Gasteiger partial charge in [-0.05, 0) is 60.0 Å². The third kappa shape index (κ3) is 4.61. The zero-order valence-corrected chi connectivity index (χ0v) is 21.7. The molecule has 1 fully saturated rings. The highest BCUT2D eigenvalue weighted by atomic mass is 16.5. The normalized spacial score (nSPS) is 15.3. The van der Waals surface area contributed by atoms with Crippen LogP contribution in [0.4, 0.5) is 0 Å². The van der Waals surface area contributed by atoms with Crippen molar-refractivity contribution in [3.05, 3.63) is 88.4 Å². The zero-order valence-electron chi connectivity index (χ0n) is 21.7. The van der Waals surface area contributed by atoms with Gasteiger partial charge in [-0.1, -0.05) is 24.3 Å². The smallest absolute Gasteiger partial charge is 0.254 e. The summed E-state index contributed by atoms with van der Waals surface area (Å²) in [7, 11) is 3.66. The van der Waals surface area contributed by atoms with E-state index in [1.807, 2.05) is 56.7 Å². The molecule has 0 spiro atoms. The summed E-state index contributed by atoms with van der Waals surface area (Å²) < 4.78 is 7.60. The van der Waals surface area contributed by atoms with Crippen molar-refractivity contribution in [1.82, 2.24) is 19.4 Å². The number of fused-ring (bicyclic) bond motifs is 2. The maximum absolute atomic E-state index is 12.5. The van der Waals surface area contributed by atoms with Crippen LogP contribution in [0.3, 0.4) is 0 Å². The van der Waals surface area contributed by atoms with Crippen LogP contribution in [0, 0.1) is 0 Å². The minimum atomic E-state index is 0.0730. The average molecular weight is 507 g/mol. The molecule has 38 heavy (non-hydrogen) atoms. The summed E-state index contributed by atoms with van der Waals surface area (Å²) in [5.41, 5.74) is 6.95. The molecule has 1 saturated heterocycles. The highest BCUT2D eigenvalue weighted by Crippen LogP contribution is 2.32. The molecule has 6 rings (SSSR count). The van der Waals surface area contributed by atoms with Crippen LogP contribution in [0.15, 0.2) is 71.7 Å². The number of hydrogen-bond acceptors (Lipinski definition) is 5. The number of aromatic nitrogens is 2. The number of benzene rings is 2.